The number of sulfonamides is 1. The van der Waals surface area contributed by atoms with Crippen LogP contribution < -0.4 is 4.72 Å². The van der Waals surface area contributed by atoms with Gasteiger partial charge in [-0.25, -0.2) is 13.2 Å². The topological polar surface area (TPSA) is 72.5 Å². The van der Waals surface area contributed by atoms with Crippen molar-refractivity contribution in [2.24, 2.45) is 0 Å². The van der Waals surface area contributed by atoms with Crippen LogP contribution in [0.5, 0.6) is 0 Å². The van der Waals surface area contributed by atoms with Crippen LogP contribution in [0.15, 0.2) is 53.4 Å². The van der Waals surface area contributed by atoms with Crippen molar-refractivity contribution in [3.05, 3.63) is 59.7 Å². The van der Waals surface area contributed by atoms with Crippen molar-refractivity contribution < 1.29 is 17.9 Å². The van der Waals surface area contributed by atoms with Crippen molar-refractivity contribution >= 4 is 21.7 Å². The first-order valence-corrected chi connectivity index (χ1v) is 9.73. The van der Waals surface area contributed by atoms with Gasteiger partial charge >= 0.3 is 5.97 Å². The maximum Gasteiger partial charge on any atom is 0.338 e. The van der Waals surface area contributed by atoms with Gasteiger partial charge in [-0.3, -0.25) is 4.72 Å². The maximum absolute atomic E-state index is 12.4. The van der Waals surface area contributed by atoms with Gasteiger partial charge in [-0.1, -0.05) is 25.5 Å². The Kier molecular flexibility index (Phi) is 6.20. The molecular weight excluding hydrogens is 338 g/mol. The summed E-state index contributed by atoms with van der Waals surface area (Å²) in [5.41, 5.74) is 1.87. The third-order valence-corrected chi connectivity index (χ3v) is 4.89. The molecule has 0 saturated carbocycles. The van der Waals surface area contributed by atoms with Crippen molar-refractivity contribution in [1.29, 1.82) is 0 Å². The number of aryl methyl sites for hydroxylation is 1. The molecule has 2 aromatic rings. The third-order valence-electron chi connectivity index (χ3n) is 3.49. The highest BCUT2D eigenvalue weighted by Gasteiger charge is 2.15. The number of benzene rings is 2. The van der Waals surface area contributed by atoms with Crippen LogP contribution in [0.25, 0.3) is 0 Å². The minimum Gasteiger partial charge on any atom is -0.459 e. The molecular formula is C19H23NO4S. The van der Waals surface area contributed by atoms with Crippen LogP contribution in [0, 0.1) is 0 Å². The van der Waals surface area contributed by atoms with Crippen molar-refractivity contribution in [3.63, 3.8) is 0 Å². The summed E-state index contributed by atoms with van der Waals surface area (Å²) in [5.74, 6) is -0.434. The van der Waals surface area contributed by atoms with Gasteiger partial charge in [0.2, 0.25) is 0 Å². The molecule has 134 valence electrons. The quantitative estimate of drug-likeness (QED) is 0.757. The lowest BCUT2D eigenvalue weighted by Gasteiger charge is -2.10. The second-order valence-corrected chi connectivity index (χ2v) is 7.71. The number of rotatable bonds is 7. The van der Waals surface area contributed by atoms with Gasteiger partial charge in [-0.2, -0.15) is 0 Å². The van der Waals surface area contributed by atoms with Gasteiger partial charge in [0.25, 0.3) is 10.0 Å². The number of carbonyl (C=O) groups is 1. The van der Waals surface area contributed by atoms with Crippen LogP contribution in [0.4, 0.5) is 5.69 Å². The second-order valence-electron chi connectivity index (χ2n) is 6.03. The van der Waals surface area contributed by atoms with E-state index in [9.17, 15) is 13.2 Å². The Hall–Kier alpha value is -2.34. The van der Waals surface area contributed by atoms with Crippen LogP contribution in [-0.2, 0) is 21.2 Å². The van der Waals surface area contributed by atoms with E-state index in [1.807, 2.05) is 12.1 Å². The van der Waals surface area contributed by atoms with Crippen molar-refractivity contribution in [2.45, 2.75) is 44.6 Å². The summed E-state index contributed by atoms with van der Waals surface area (Å²) < 4.78 is 32.5. The van der Waals surface area contributed by atoms with E-state index in [-0.39, 0.29) is 11.0 Å². The zero-order chi connectivity index (χ0) is 18.4. The lowest BCUT2D eigenvalue weighted by Crippen LogP contribution is -2.14. The average molecular weight is 361 g/mol. The Morgan fingerprint density at radius 3 is 2.16 bits per heavy atom. The first-order chi connectivity index (χ1) is 11.8. The summed E-state index contributed by atoms with van der Waals surface area (Å²) in [5, 5.41) is 0. The molecule has 0 spiro atoms. The highest BCUT2D eigenvalue weighted by molar-refractivity contribution is 7.92. The number of ether oxygens (including phenoxy) is 1. The predicted molar refractivity (Wildman–Crippen MR) is 98.2 cm³/mol. The zero-order valence-electron chi connectivity index (χ0n) is 14.7. The van der Waals surface area contributed by atoms with Crippen molar-refractivity contribution in [3.8, 4) is 0 Å². The largest absolute Gasteiger partial charge is 0.459 e. The molecule has 2 aromatic carbocycles. The number of esters is 1. The summed E-state index contributed by atoms with van der Waals surface area (Å²) in [6.07, 6.45) is 1.72. The predicted octanol–water partition coefficient (Wildman–Crippen LogP) is 4.01. The molecule has 0 bridgehead atoms. The zero-order valence-corrected chi connectivity index (χ0v) is 15.5. The fraction of sp³-hybridized carbons (Fsp3) is 0.316. The van der Waals surface area contributed by atoms with Gasteiger partial charge in [-0.15, -0.1) is 0 Å². The molecule has 1 N–H and O–H groups in total. The lowest BCUT2D eigenvalue weighted by atomic mass is 10.1. The van der Waals surface area contributed by atoms with Crippen molar-refractivity contribution in [2.75, 3.05) is 4.72 Å². The Morgan fingerprint density at radius 1 is 1.04 bits per heavy atom. The van der Waals surface area contributed by atoms with Gasteiger partial charge in [-0.05, 0) is 62.2 Å². The minimum atomic E-state index is -3.66. The number of anilines is 1. The van der Waals surface area contributed by atoms with E-state index >= 15 is 0 Å². The Labute approximate surface area is 149 Å². The molecule has 0 aliphatic heterocycles. The molecule has 0 radical (unpaired) electrons. The number of nitrogens with one attached hydrogen (secondary N) is 1. The highest BCUT2D eigenvalue weighted by Crippen LogP contribution is 2.18. The SMILES string of the molecule is CCCc1ccc(S(=O)(=O)Nc2ccc(C(=O)OC(C)C)cc2)cc1. The summed E-state index contributed by atoms with van der Waals surface area (Å²) >= 11 is 0. The fourth-order valence-electron chi connectivity index (χ4n) is 2.29. The molecule has 0 unspecified atom stereocenters. The van der Waals surface area contributed by atoms with Gasteiger partial charge in [0.1, 0.15) is 0 Å². The molecule has 0 aromatic heterocycles. The van der Waals surface area contributed by atoms with E-state index in [4.69, 9.17) is 4.74 Å². The van der Waals surface area contributed by atoms with Crippen LogP contribution in [0.2, 0.25) is 0 Å². The summed E-state index contributed by atoms with van der Waals surface area (Å²) in [6, 6.07) is 13.0. The molecule has 25 heavy (non-hydrogen) atoms. The Morgan fingerprint density at radius 2 is 1.64 bits per heavy atom. The summed E-state index contributed by atoms with van der Waals surface area (Å²) in [7, 11) is -3.66. The molecule has 0 saturated heterocycles. The Balaban J connectivity index is 2.11. The molecule has 6 heteroatoms. The molecule has 0 amide bonds. The summed E-state index contributed by atoms with van der Waals surface area (Å²) in [6.45, 7) is 5.62. The molecule has 0 fully saturated rings. The molecule has 0 aliphatic carbocycles. The average Bonchev–Trinajstić information content (AvgIpc) is 2.55. The number of hydrogen-bond donors (Lipinski definition) is 1. The van der Waals surface area contributed by atoms with Crippen LogP contribution in [0.3, 0.4) is 0 Å². The van der Waals surface area contributed by atoms with Gasteiger partial charge in [0, 0.05) is 5.69 Å². The fourth-order valence-corrected chi connectivity index (χ4v) is 3.35. The van der Waals surface area contributed by atoms with E-state index in [0.717, 1.165) is 18.4 Å². The smallest absolute Gasteiger partial charge is 0.338 e. The van der Waals surface area contributed by atoms with E-state index in [2.05, 4.69) is 11.6 Å². The molecule has 0 atom stereocenters. The second kappa shape index (κ2) is 8.16. The highest BCUT2D eigenvalue weighted by atomic mass is 32.2. The van der Waals surface area contributed by atoms with Crippen molar-refractivity contribution in [1.82, 2.24) is 0 Å². The minimum absolute atomic E-state index is 0.204. The van der Waals surface area contributed by atoms with Crippen LogP contribution in [0.1, 0.15) is 43.1 Å². The molecule has 0 aliphatic rings. The van der Waals surface area contributed by atoms with E-state index in [1.54, 1.807) is 38.1 Å². The van der Waals surface area contributed by atoms with Gasteiger partial charge < -0.3 is 4.74 Å². The monoisotopic (exact) mass is 361 g/mol. The molecule has 2 rings (SSSR count). The van der Waals surface area contributed by atoms with Gasteiger partial charge in [0.15, 0.2) is 0 Å². The van der Waals surface area contributed by atoms with Crippen LogP contribution in [-0.4, -0.2) is 20.5 Å². The third kappa shape index (κ3) is 5.32. The standard InChI is InChI=1S/C19H23NO4S/c1-4-5-15-6-12-18(13-7-15)25(22,23)20-17-10-8-16(9-11-17)19(21)24-14(2)3/h6-14,20H,4-5H2,1-3H3. The maximum atomic E-state index is 12.4. The molecule has 0 heterocycles. The number of hydrogen-bond acceptors (Lipinski definition) is 4. The van der Waals surface area contributed by atoms with E-state index < -0.39 is 16.0 Å². The van der Waals surface area contributed by atoms with Crippen LogP contribution >= 0.6 is 0 Å². The normalized spacial score (nSPS) is 11.4. The summed E-state index contributed by atoms with van der Waals surface area (Å²) in [4.78, 5) is 12.0. The molecule has 5 nitrogen and oxygen atoms in total. The van der Waals surface area contributed by atoms with E-state index in [0.29, 0.717) is 11.3 Å². The number of carbonyl (C=O) groups excluding carboxylic acids is 1. The first-order valence-electron chi connectivity index (χ1n) is 8.24. The first kappa shape index (κ1) is 19.0. The van der Waals surface area contributed by atoms with E-state index in [1.165, 1.54) is 12.1 Å². The van der Waals surface area contributed by atoms with Gasteiger partial charge in [0.05, 0.1) is 16.6 Å². The lowest BCUT2D eigenvalue weighted by molar-refractivity contribution is 0.0378. The Bertz CT molecular complexity index is 810.